The van der Waals surface area contributed by atoms with E-state index in [9.17, 15) is 4.79 Å². The number of amides is 1. The van der Waals surface area contributed by atoms with Crippen LogP contribution in [0.15, 0.2) is 41.8 Å². The van der Waals surface area contributed by atoms with Crippen molar-refractivity contribution in [2.24, 2.45) is 0 Å². The number of aromatic nitrogens is 1. The van der Waals surface area contributed by atoms with Crippen molar-refractivity contribution in [3.05, 3.63) is 58.6 Å². The molecule has 4 rings (SSSR count). The standard InChI is InChI=1S/C21H25N3O2S/c1-16-3-2-4-17(13-16)15-24-19(14-18-5-12-27-21(18)24)20(25)22-6-7-23-8-10-26-11-9-23/h2-5,12-14H,6-11,15H2,1H3,(H,22,25). The number of nitrogens with zero attached hydrogens (tertiary/aromatic N) is 2. The summed E-state index contributed by atoms with van der Waals surface area (Å²) in [7, 11) is 0. The normalized spacial score (nSPS) is 15.3. The molecule has 0 aliphatic carbocycles. The van der Waals surface area contributed by atoms with Gasteiger partial charge < -0.3 is 14.6 Å². The zero-order chi connectivity index (χ0) is 18.6. The third kappa shape index (κ3) is 4.24. The van der Waals surface area contributed by atoms with Crippen molar-refractivity contribution >= 4 is 27.5 Å². The van der Waals surface area contributed by atoms with E-state index in [1.807, 2.05) is 6.07 Å². The maximum absolute atomic E-state index is 12.9. The zero-order valence-corrected chi connectivity index (χ0v) is 16.4. The molecule has 0 spiro atoms. The highest BCUT2D eigenvalue weighted by atomic mass is 32.1. The van der Waals surface area contributed by atoms with E-state index < -0.39 is 0 Å². The van der Waals surface area contributed by atoms with Gasteiger partial charge in [0, 0.05) is 38.1 Å². The molecule has 27 heavy (non-hydrogen) atoms. The van der Waals surface area contributed by atoms with Gasteiger partial charge in [0.15, 0.2) is 0 Å². The monoisotopic (exact) mass is 383 g/mol. The molecule has 3 aromatic rings. The maximum Gasteiger partial charge on any atom is 0.268 e. The summed E-state index contributed by atoms with van der Waals surface area (Å²) in [6.45, 7) is 7.76. The molecule has 0 radical (unpaired) electrons. The van der Waals surface area contributed by atoms with Crippen LogP contribution in [-0.2, 0) is 11.3 Å². The van der Waals surface area contributed by atoms with Gasteiger partial charge >= 0.3 is 0 Å². The molecule has 2 aromatic heterocycles. The minimum Gasteiger partial charge on any atom is -0.379 e. The van der Waals surface area contributed by atoms with Crippen molar-refractivity contribution in [1.29, 1.82) is 0 Å². The van der Waals surface area contributed by atoms with Crippen molar-refractivity contribution < 1.29 is 9.53 Å². The van der Waals surface area contributed by atoms with Crippen LogP contribution in [0.3, 0.4) is 0 Å². The van der Waals surface area contributed by atoms with Crippen molar-refractivity contribution in [3.8, 4) is 0 Å². The summed E-state index contributed by atoms with van der Waals surface area (Å²) in [6, 6.07) is 12.6. The number of hydrogen-bond donors (Lipinski definition) is 1. The second-order valence-electron chi connectivity index (χ2n) is 7.00. The predicted molar refractivity (Wildman–Crippen MR) is 110 cm³/mol. The van der Waals surface area contributed by atoms with Gasteiger partial charge in [-0.2, -0.15) is 0 Å². The van der Waals surface area contributed by atoms with E-state index in [1.54, 1.807) is 11.3 Å². The number of benzene rings is 1. The Labute approximate surface area is 163 Å². The summed E-state index contributed by atoms with van der Waals surface area (Å²) in [4.78, 5) is 16.3. The van der Waals surface area contributed by atoms with Crippen molar-refractivity contribution in [3.63, 3.8) is 0 Å². The first kappa shape index (κ1) is 18.2. The molecule has 0 unspecified atom stereocenters. The van der Waals surface area contributed by atoms with Crippen LogP contribution in [0.25, 0.3) is 10.2 Å². The summed E-state index contributed by atoms with van der Waals surface area (Å²) in [5.74, 6) is -0.000637. The fourth-order valence-corrected chi connectivity index (χ4v) is 4.45. The SMILES string of the molecule is Cc1cccc(Cn2c(C(=O)NCCN3CCOCC3)cc3ccsc32)c1. The molecule has 0 bridgehead atoms. The van der Waals surface area contributed by atoms with Crippen LogP contribution >= 0.6 is 11.3 Å². The number of hydrogen-bond acceptors (Lipinski definition) is 4. The number of rotatable bonds is 6. The van der Waals surface area contributed by atoms with Crippen molar-refractivity contribution in [1.82, 2.24) is 14.8 Å². The number of fused-ring (bicyclic) bond motifs is 1. The molecule has 0 saturated carbocycles. The highest BCUT2D eigenvalue weighted by molar-refractivity contribution is 7.16. The number of ether oxygens (including phenoxy) is 1. The minimum absolute atomic E-state index is 0.000637. The Balaban J connectivity index is 1.48. The van der Waals surface area contributed by atoms with Gasteiger partial charge in [-0.1, -0.05) is 29.8 Å². The van der Waals surface area contributed by atoms with E-state index in [0.29, 0.717) is 13.1 Å². The molecule has 3 heterocycles. The molecule has 0 atom stereocenters. The topological polar surface area (TPSA) is 46.5 Å². The third-order valence-electron chi connectivity index (χ3n) is 4.98. The van der Waals surface area contributed by atoms with Gasteiger partial charge in [-0.25, -0.2) is 0 Å². The van der Waals surface area contributed by atoms with Crippen molar-refractivity contribution in [2.45, 2.75) is 13.5 Å². The van der Waals surface area contributed by atoms with E-state index in [4.69, 9.17) is 4.74 Å². The first-order valence-electron chi connectivity index (χ1n) is 9.41. The van der Waals surface area contributed by atoms with Gasteiger partial charge in [0.25, 0.3) is 5.91 Å². The number of nitrogens with one attached hydrogen (secondary N) is 1. The Hall–Kier alpha value is -2.15. The highest BCUT2D eigenvalue weighted by Gasteiger charge is 2.17. The molecule has 1 saturated heterocycles. The first-order valence-corrected chi connectivity index (χ1v) is 10.3. The van der Waals surface area contributed by atoms with Gasteiger partial charge in [-0.15, -0.1) is 11.3 Å². The molecule has 6 heteroatoms. The number of morpholine rings is 1. The van der Waals surface area contributed by atoms with Crippen LogP contribution in [0.1, 0.15) is 21.6 Å². The third-order valence-corrected chi connectivity index (χ3v) is 5.93. The van der Waals surface area contributed by atoms with E-state index >= 15 is 0 Å². The summed E-state index contributed by atoms with van der Waals surface area (Å²) in [5.41, 5.74) is 3.18. The average molecular weight is 384 g/mol. The van der Waals surface area contributed by atoms with Crippen LogP contribution in [0.5, 0.6) is 0 Å². The molecule has 1 N–H and O–H groups in total. The number of aryl methyl sites for hydroxylation is 1. The maximum atomic E-state index is 12.9. The molecule has 142 valence electrons. The Morgan fingerprint density at radius 2 is 2.07 bits per heavy atom. The van der Waals surface area contributed by atoms with E-state index in [0.717, 1.165) is 48.8 Å². The van der Waals surface area contributed by atoms with Crippen LogP contribution in [0, 0.1) is 6.92 Å². The Kier molecular flexibility index (Phi) is 5.57. The van der Waals surface area contributed by atoms with Gasteiger partial charge in [0.2, 0.25) is 0 Å². The highest BCUT2D eigenvalue weighted by Crippen LogP contribution is 2.26. The first-order chi connectivity index (χ1) is 13.2. The van der Waals surface area contributed by atoms with Crippen LogP contribution in [-0.4, -0.2) is 54.8 Å². The minimum atomic E-state index is -0.000637. The van der Waals surface area contributed by atoms with Gasteiger partial charge in [0.05, 0.1) is 13.2 Å². The Bertz CT molecular complexity index is 925. The lowest BCUT2D eigenvalue weighted by molar-refractivity contribution is 0.0383. The lowest BCUT2D eigenvalue weighted by Crippen LogP contribution is -2.41. The Morgan fingerprint density at radius 3 is 2.89 bits per heavy atom. The Morgan fingerprint density at radius 1 is 1.22 bits per heavy atom. The molecule has 1 aliphatic heterocycles. The second kappa shape index (κ2) is 8.25. The average Bonchev–Trinajstić information content (AvgIpc) is 3.25. The van der Waals surface area contributed by atoms with Crippen LogP contribution in [0.2, 0.25) is 0 Å². The van der Waals surface area contributed by atoms with Gasteiger partial charge in [-0.3, -0.25) is 9.69 Å². The fourth-order valence-electron chi connectivity index (χ4n) is 3.56. The van der Waals surface area contributed by atoms with Crippen LogP contribution in [0.4, 0.5) is 0 Å². The molecule has 1 aromatic carbocycles. The molecule has 1 aliphatic rings. The summed E-state index contributed by atoms with van der Waals surface area (Å²) >= 11 is 1.68. The van der Waals surface area contributed by atoms with Crippen LogP contribution < -0.4 is 5.32 Å². The second-order valence-corrected chi connectivity index (χ2v) is 7.89. The van der Waals surface area contributed by atoms with E-state index in [-0.39, 0.29) is 5.91 Å². The number of carbonyl (C=O) groups excluding carboxylic acids is 1. The van der Waals surface area contributed by atoms with Gasteiger partial charge in [0.1, 0.15) is 10.5 Å². The zero-order valence-electron chi connectivity index (χ0n) is 15.6. The lowest BCUT2D eigenvalue weighted by Gasteiger charge is -2.26. The summed E-state index contributed by atoms with van der Waals surface area (Å²) in [5, 5.41) is 6.31. The lowest BCUT2D eigenvalue weighted by atomic mass is 10.1. The quantitative estimate of drug-likeness (QED) is 0.711. The number of thiophene rings is 1. The predicted octanol–water partition coefficient (Wildman–Crippen LogP) is 3.12. The molecular weight excluding hydrogens is 358 g/mol. The number of carbonyl (C=O) groups is 1. The van der Waals surface area contributed by atoms with E-state index in [1.165, 1.54) is 11.1 Å². The molecule has 1 fully saturated rings. The van der Waals surface area contributed by atoms with E-state index in [2.05, 4.69) is 57.4 Å². The van der Waals surface area contributed by atoms with Crippen molar-refractivity contribution in [2.75, 3.05) is 39.4 Å². The summed E-state index contributed by atoms with van der Waals surface area (Å²) < 4.78 is 7.51. The van der Waals surface area contributed by atoms with Gasteiger partial charge in [-0.05, 0) is 30.0 Å². The largest absolute Gasteiger partial charge is 0.379 e. The molecule has 1 amide bonds. The molecular formula is C21H25N3O2S. The molecule has 5 nitrogen and oxygen atoms in total. The smallest absolute Gasteiger partial charge is 0.268 e. The fraction of sp³-hybridized carbons (Fsp3) is 0.381. The summed E-state index contributed by atoms with van der Waals surface area (Å²) in [6.07, 6.45) is 0.